The minimum Gasteiger partial charge on any atom is -0.487 e. The standard InChI is InChI=1S/C27H26F2O6/c1-27(26(32)33-15-18-7-4-6-17-5-2-3-8-20(17)18)11-9-19(10-12-27)35-24-13-21(25(30)31)23(34-16-28)14-22(24)29/h2-8,13-14,19H,9-12,15-16H2,1H3,(H,30,31). The minimum absolute atomic E-state index is 0.173. The molecule has 184 valence electrons. The maximum atomic E-state index is 14.4. The van der Waals surface area contributed by atoms with Crippen molar-refractivity contribution in [1.82, 2.24) is 0 Å². The summed E-state index contributed by atoms with van der Waals surface area (Å²) in [7, 11) is 0. The predicted molar refractivity (Wildman–Crippen MR) is 125 cm³/mol. The van der Waals surface area contributed by atoms with Crippen molar-refractivity contribution in [2.24, 2.45) is 5.41 Å². The quantitative estimate of drug-likeness (QED) is 0.392. The fourth-order valence-electron chi connectivity index (χ4n) is 4.44. The Morgan fingerprint density at radius 2 is 1.77 bits per heavy atom. The van der Waals surface area contributed by atoms with Gasteiger partial charge in [0.05, 0.1) is 11.5 Å². The van der Waals surface area contributed by atoms with Crippen molar-refractivity contribution in [3.63, 3.8) is 0 Å². The zero-order valence-electron chi connectivity index (χ0n) is 19.3. The number of carboxylic acids is 1. The first kappa shape index (κ1) is 24.4. The summed E-state index contributed by atoms with van der Waals surface area (Å²) in [6, 6.07) is 15.6. The van der Waals surface area contributed by atoms with E-state index < -0.39 is 41.5 Å². The lowest BCUT2D eigenvalue weighted by atomic mass is 9.74. The van der Waals surface area contributed by atoms with Crippen molar-refractivity contribution >= 4 is 22.7 Å². The van der Waals surface area contributed by atoms with Gasteiger partial charge in [-0.25, -0.2) is 13.6 Å². The highest BCUT2D eigenvalue weighted by molar-refractivity contribution is 5.91. The van der Waals surface area contributed by atoms with E-state index in [0.29, 0.717) is 25.7 Å². The average molecular weight is 484 g/mol. The number of benzene rings is 3. The van der Waals surface area contributed by atoms with Crippen molar-refractivity contribution < 1.29 is 37.7 Å². The van der Waals surface area contributed by atoms with E-state index in [1.165, 1.54) is 0 Å². The topological polar surface area (TPSA) is 82.1 Å². The molecule has 0 atom stereocenters. The molecule has 0 aliphatic heterocycles. The van der Waals surface area contributed by atoms with Crippen LogP contribution in [-0.4, -0.2) is 30.0 Å². The summed E-state index contributed by atoms with van der Waals surface area (Å²) in [6.07, 6.45) is 1.47. The van der Waals surface area contributed by atoms with Crippen molar-refractivity contribution in [1.29, 1.82) is 0 Å². The zero-order chi connectivity index (χ0) is 25.0. The van der Waals surface area contributed by atoms with Gasteiger partial charge < -0.3 is 19.3 Å². The molecular weight excluding hydrogens is 458 g/mol. The number of alkyl halides is 1. The van der Waals surface area contributed by atoms with Gasteiger partial charge in [-0.05, 0) is 48.9 Å². The monoisotopic (exact) mass is 484 g/mol. The van der Waals surface area contributed by atoms with Crippen molar-refractivity contribution in [2.45, 2.75) is 45.3 Å². The summed E-state index contributed by atoms with van der Waals surface area (Å²) in [5.74, 6) is -3.18. The number of carboxylic acid groups (broad SMARTS) is 1. The molecule has 0 spiro atoms. The molecule has 0 heterocycles. The number of hydrogen-bond donors (Lipinski definition) is 1. The van der Waals surface area contributed by atoms with E-state index in [-0.39, 0.29) is 18.3 Å². The minimum atomic E-state index is -1.39. The number of rotatable bonds is 8. The van der Waals surface area contributed by atoms with Crippen LogP contribution in [0.2, 0.25) is 0 Å². The number of esters is 1. The summed E-state index contributed by atoms with van der Waals surface area (Å²) in [4.78, 5) is 24.4. The zero-order valence-corrected chi connectivity index (χ0v) is 19.3. The predicted octanol–water partition coefficient (Wildman–Crippen LogP) is 6.05. The van der Waals surface area contributed by atoms with Gasteiger partial charge in [-0.2, -0.15) is 0 Å². The van der Waals surface area contributed by atoms with Crippen LogP contribution >= 0.6 is 0 Å². The summed E-state index contributed by atoms with van der Waals surface area (Å²) in [5.41, 5.74) is -0.160. The van der Waals surface area contributed by atoms with Crippen molar-refractivity contribution in [3.05, 3.63) is 71.5 Å². The normalized spacial score (nSPS) is 19.8. The van der Waals surface area contributed by atoms with Gasteiger partial charge in [0, 0.05) is 12.1 Å². The second kappa shape index (κ2) is 10.3. The van der Waals surface area contributed by atoms with Crippen LogP contribution < -0.4 is 9.47 Å². The highest BCUT2D eigenvalue weighted by Crippen LogP contribution is 2.39. The molecule has 0 aromatic heterocycles. The molecule has 0 bridgehead atoms. The molecule has 3 aromatic carbocycles. The van der Waals surface area contributed by atoms with Gasteiger partial charge in [-0.3, -0.25) is 4.79 Å². The maximum absolute atomic E-state index is 14.4. The van der Waals surface area contributed by atoms with E-state index in [1.54, 1.807) is 0 Å². The number of carbonyl (C=O) groups is 2. The van der Waals surface area contributed by atoms with Gasteiger partial charge >= 0.3 is 11.9 Å². The molecule has 35 heavy (non-hydrogen) atoms. The van der Waals surface area contributed by atoms with Crippen LogP contribution in [0.5, 0.6) is 11.5 Å². The smallest absolute Gasteiger partial charge is 0.339 e. The second-order valence-corrected chi connectivity index (χ2v) is 8.93. The van der Waals surface area contributed by atoms with Crippen LogP contribution in [0.25, 0.3) is 10.8 Å². The fourth-order valence-corrected chi connectivity index (χ4v) is 4.44. The molecule has 1 saturated carbocycles. The van der Waals surface area contributed by atoms with Gasteiger partial charge in [0.1, 0.15) is 17.9 Å². The lowest BCUT2D eigenvalue weighted by molar-refractivity contribution is -0.159. The van der Waals surface area contributed by atoms with Gasteiger partial charge in [0.15, 0.2) is 11.6 Å². The average Bonchev–Trinajstić information content (AvgIpc) is 2.85. The van der Waals surface area contributed by atoms with Gasteiger partial charge in [-0.1, -0.05) is 42.5 Å². The summed E-state index contributed by atoms with van der Waals surface area (Å²) in [6.45, 7) is 0.741. The molecule has 0 amide bonds. The van der Waals surface area contributed by atoms with Gasteiger partial charge in [-0.15, -0.1) is 0 Å². The van der Waals surface area contributed by atoms with E-state index in [1.807, 2.05) is 49.4 Å². The number of aromatic carboxylic acids is 1. The first-order valence-corrected chi connectivity index (χ1v) is 11.4. The highest BCUT2D eigenvalue weighted by atomic mass is 19.1. The SMILES string of the molecule is CC1(C(=O)OCc2cccc3ccccc23)CCC(Oc2cc(C(=O)O)c(OCF)cc2F)CC1. The number of ether oxygens (including phenoxy) is 3. The Hall–Kier alpha value is -3.68. The third-order valence-corrected chi connectivity index (χ3v) is 6.54. The van der Waals surface area contributed by atoms with Crippen LogP contribution in [0, 0.1) is 11.2 Å². The Balaban J connectivity index is 1.37. The van der Waals surface area contributed by atoms with Crippen molar-refractivity contribution in [2.75, 3.05) is 6.86 Å². The van der Waals surface area contributed by atoms with E-state index in [4.69, 9.17) is 9.47 Å². The van der Waals surface area contributed by atoms with Gasteiger partial charge in [0.25, 0.3) is 0 Å². The molecule has 4 rings (SSSR count). The third kappa shape index (κ3) is 5.37. The second-order valence-electron chi connectivity index (χ2n) is 8.93. The van der Waals surface area contributed by atoms with E-state index in [2.05, 4.69) is 4.74 Å². The van der Waals surface area contributed by atoms with Crippen LogP contribution in [-0.2, 0) is 16.1 Å². The maximum Gasteiger partial charge on any atom is 0.339 e. The van der Waals surface area contributed by atoms with E-state index in [0.717, 1.165) is 28.5 Å². The molecule has 8 heteroatoms. The highest BCUT2D eigenvalue weighted by Gasteiger charge is 2.40. The van der Waals surface area contributed by atoms with E-state index in [9.17, 15) is 23.5 Å². The molecule has 3 aromatic rings. The Morgan fingerprint density at radius 1 is 1.06 bits per heavy atom. The molecule has 0 unspecified atom stereocenters. The Bertz CT molecular complexity index is 1230. The van der Waals surface area contributed by atoms with Gasteiger partial charge in [0.2, 0.25) is 6.86 Å². The fraction of sp³-hybridized carbons (Fsp3) is 0.333. The van der Waals surface area contributed by atoms with Crippen LogP contribution in [0.1, 0.15) is 48.5 Å². The number of carbonyl (C=O) groups excluding carboxylic acids is 1. The Kier molecular flexibility index (Phi) is 7.19. The number of fused-ring (bicyclic) bond motifs is 1. The van der Waals surface area contributed by atoms with Crippen LogP contribution in [0.15, 0.2) is 54.6 Å². The summed E-state index contributed by atoms with van der Waals surface area (Å²) >= 11 is 0. The molecular formula is C27H26F2O6. The Morgan fingerprint density at radius 3 is 2.49 bits per heavy atom. The molecule has 0 saturated heterocycles. The Labute approximate surface area is 201 Å². The summed E-state index contributed by atoms with van der Waals surface area (Å²) < 4.78 is 42.9. The molecule has 1 aliphatic rings. The molecule has 1 N–H and O–H groups in total. The van der Waals surface area contributed by atoms with Crippen molar-refractivity contribution in [3.8, 4) is 11.5 Å². The lowest BCUT2D eigenvalue weighted by Crippen LogP contribution is -2.37. The third-order valence-electron chi connectivity index (χ3n) is 6.54. The molecule has 6 nitrogen and oxygen atoms in total. The summed E-state index contributed by atoms with van der Waals surface area (Å²) in [5, 5.41) is 11.4. The van der Waals surface area contributed by atoms with Crippen LogP contribution in [0.4, 0.5) is 8.78 Å². The lowest BCUT2D eigenvalue weighted by Gasteiger charge is -2.35. The first-order chi connectivity index (χ1) is 16.8. The molecule has 1 aliphatic carbocycles. The van der Waals surface area contributed by atoms with E-state index >= 15 is 0 Å². The molecule has 0 radical (unpaired) electrons. The molecule has 1 fully saturated rings. The number of halogens is 2. The largest absolute Gasteiger partial charge is 0.487 e. The number of hydrogen-bond acceptors (Lipinski definition) is 5. The van der Waals surface area contributed by atoms with Crippen LogP contribution in [0.3, 0.4) is 0 Å². The first-order valence-electron chi connectivity index (χ1n) is 11.4.